The number of piperazine rings is 1. The van der Waals surface area contributed by atoms with Crippen LogP contribution < -0.4 is 15.0 Å². The first-order valence-corrected chi connectivity index (χ1v) is 12.2. The van der Waals surface area contributed by atoms with E-state index < -0.39 is 12.5 Å². The Bertz CT molecular complexity index is 1430. The molecule has 2 aromatic heterocycles. The molecule has 0 atom stereocenters. The van der Waals surface area contributed by atoms with Crippen LogP contribution in [0.1, 0.15) is 16.1 Å². The van der Waals surface area contributed by atoms with E-state index in [2.05, 4.69) is 30.4 Å². The molecule has 0 bridgehead atoms. The Labute approximate surface area is 217 Å². The van der Waals surface area contributed by atoms with E-state index in [1.54, 1.807) is 28.5 Å². The summed E-state index contributed by atoms with van der Waals surface area (Å²) in [5.74, 6) is -0.699. The highest BCUT2D eigenvalue weighted by atomic mass is 32.1. The highest BCUT2D eigenvalue weighted by molar-refractivity contribution is 7.14. The van der Waals surface area contributed by atoms with Crippen molar-refractivity contribution in [2.75, 3.05) is 36.4 Å². The third-order valence-electron chi connectivity index (χ3n) is 5.63. The fourth-order valence-corrected chi connectivity index (χ4v) is 4.59. The highest BCUT2D eigenvalue weighted by Crippen LogP contribution is 2.25. The van der Waals surface area contributed by atoms with Crippen molar-refractivity contribution in [1.29, 1.82) is 0 Å². The van der Waals surface area contributed by atoms with E-state index in [-0.39, 0.29) is 24.0 Å². The first-order chi connectivity index (χ1) is 18.2. The lowest BCUT2D eigenvalue weighted by Crippen LogP contribution is -2.48. The van der Waals surface area contributed by atoms with Crippen LogP contribution in [-0.4, -0.2) is 69.8 Å². The van der Waals surface area contributed by atoms with Crippen molar-refractivity contribution in [3.8, 4) is 5.75 Å². The summed E-state index contributed by atoms with van der Waals surface area (Å²) in [7, 11) is 0. The fraction of sp³-hybridized carbons (Fsp3) is 0.261. The van der Waals surface area contributed by atoms with Crippen molar-refractivity contribution in [1.82, 2.24) is 25.3 Å². The predicted molar refractivity (Wildman–Crippen MR) is 131 cm³/mol. The summed E-state index contributed by atoms with van der Waals surface area (Å²) in [6.07, 6.45) is -5.29. The minimum Gasteiger partial charge on any atom is -0.445 e. The summed E-state index contributed by atoms with van der Waals surface area (Å²) < 4.78 is 45.9. The Morgan fingerprint density at radius 3 is 2.50 bits per heavy atom. The number of thiazole rings is 1. The van der Waals surface area contributed by atoms with Gasteiger partial charge in [-0.3, -0.25) is 4.79 Å². The number of rotatable bonds is 6. The summed E-state index contributed by atoms with van der Waals surface area (Å²) in [4.78, 5) is 33.0. The lowest BCUT2D eigenvalue weighted by Gasteiger charge is -2.33. The fourth-order valence-electron chi connectivity index (χ4n) is 3.73. The van der Waals surface area contributed by atoms with Gasteiger partial charge in [-0.25, -0.2) is 9.78 Å². The molecular formula is C23H20F3N7O4S. The Hall–Kier alpha value is -4.40. The van der Waals surface area contributed by atoms with Gasteiger partial charge >= 0.3 is 12.5 Å². The average Bonchev–Trinajstić information content (AvgIpc) is 3.57. The van der Waals surface area contributed by atoms with Gasteiger partial charge in [0.25, 0.3) is 5.91 Å². The molecule has 198 valence electrons. The number of amides is 2. The molecule has 2 N–H and O–H groups in total. The van der Waals surface area contributed by atoms with E-state index >= 15 is 0 Å². The molecule has 2 amide bonds. The number of carbonyl (C=O) groups is 2. The van der Waals surface area contributed by atoms with E-state index in [1.807, 2.05) is 4.90 Å². The van der Waals surface area contributed by atoms with E-state index in [0.717, 1.165) is 12.1 Å². The van der Waals surface area contributed by atoms with Crippen LogP contribution in [0, 0.1) is 0 Å². The van der Waals surface area contributed by atoms with Crippen LogP contribution in [0.5, 0.6) is 5.75 Å². The molecule has 11 nitrogen and oxygen atoms in total. The number of nitrogens with one attached hydrogen (secondary N) is 2. The normalized spacial score (nSPS) is 14.0. The van der Waals surface area contributed by atoms with Gasteiger partial charge in [0.05, 0.1) is 0 Å². The minimum atomic E-state index is -4.77. The monoisotopic (exact) mass is 547 g/mol. The van der Waals surface area contributed by atoms with Crippen molar-refractivity contribution in [2.45, 2.75) is 13.0 Å². The molecule has 1 fully saturated rings. The molecule has 0 unspecified atom stereocenters. The van der Waals surface area contributed by atoms with Gasteiger partial charge in [-0.15, -0.1) is 24.5 Å². The van der Waals surface area contributed by atoms with Crippen LogP contribution in [-0.2, 0) is 11.3 Å². The average molecular weight is 548 g/mol. The topological polar surface area (TPSA) is 126 Å². The first-order valence-electron chi connectivity index (χ1n) is 11.3. The molecule has 2 aromatic carbocycles. The van der Waals surface area contributed by atoms with Crippen LogP contribution in [0.25, 0.3) is 11.0 Å². The van der Waals surface area contributed by atoms with Gasteiger partial charge in [0.1, 0.15) is 29.1 Å². The van der Waals surface area contributed by atoms with Crippen LogP contribution in [0.2, 0.25) is 0 Å². The molecule has 3 heterocycles. The van der Waals surface area contributed by atoms with Gasteiger partial charge in [-0.05, 0) is 35.9 Å². The lowest BCUT2D eigenvalue weighted by atomic mass is 10.2. The predicted octanol–water partition coefficient (Wildman–Crippen LogP) is 4.02. The zero-order chi connectivity index (χ0) is 26.7. The molecule has 0 aliphatic carbocycles. The van der Waals surface area contributed by atoms with Gasteiger partial charge in [-0.1, -0.05) is 12.1 Å². The minimum absolute atomic E-state index is 0.0834. The summed E-state index contributed by atoms with van der Waals surface area (Å²) >= 11 is 1.33. The van der Waals surface area contributed by atoms with Gasteiger partial charge in [0, 0.05) is 37.2 Å². The molecule has 1 saturated heterocycles. The highest BCUT2D eigenvalue weighted by Gasteiger charge is 2.31. The largest absolute Gasteiger partial charge is 0.573 e. The number of aromatic amines is 1. The second-order valence-electron chi connectivity index (χ2n) is 8.22. The second-order valence-corrected chi connectivity index (χ2v) is 9.05. The van der Waals surface area contributed by atoms with Crippen LogP contribution in [0.3, 0.4) is 0 Å². The standard InChI is InChI=1S/C23H20F3N7O4S/c24-23(25,26)37-16-4-1-14(2-5-16)12-36-22(35)33-9-7-32(8-10-33)21-28-19(13-38-21)20(34)27-15-3-6-17-18(11-15)30-31-29-17/h1-6,11,13H,7-10,12H2,(H,27,34)(H,29,30,31). The summed E-state index contributed by atoms with van der Waals surface area (Å²) in [5.41, 5.74) is 2.70. The molecule has 1 aliphatic rings. The maximum Gasteiger partial charge on any atom is 0.573 e. The maximum absolute atomic E-state index is 12.6. The van der Waals surface area contributed by atoms with E-state index in [1.165, 1.54) is 23.5 Å². The number of nitrogens with zero attached hydrogens (tertiary/aromatic N) is 5. The number of H-pyrrole nitrogens is 1. The van der Waals surface area contributed by atoms with Crippen molar-refractivity contribution < 1.29 is 32.2 Å². The number of halogens is 3. The molecule has 15 heteroatoms. The number of alkyl halides is 3. The zero-order valence-electron chi connectivity index (χ0n) is 19.6. The third-order valence-corrected chi connectivity index (χ3v) is 6.53. The van der Waals surface area contributed by atoms with Crippen molar-refractivity contribution in [2.24, 2.45) is 0 Å². The molecular weight excluding hydrogens is 527 g/mol. The van der Waals surface area contributed by atoms with E-state index in [9.17, 15) is 22.8 Å². The van der Waals surface area contributed by atoms with Crippen molar-refractivity contribution in [3.63, 3.8) is 0 Å². The summed E-state index contributed by atoms with van der Waals surface area (Å²) in [5, 5.41) is 15.6. The molecule has 0 spiro atoms. The molecule has 1 aliphatic heterocycles. The number of benzene rings is 2. The number of hydrogen-bond acceptors (Lipinski definition) is 9. The Morgan fingerprint density at radius 1 is 1.03 bits per heavy atom. The number of aromatic nitrogens is 4. The van der Waals surface area contributed by atoms with Crippen LogP contribution in [0.15, 0.2) is 47.8 Å². The van der Waals surface area contributed by atoms with Gasteiger partial charge in [-0.2, -0.15) is 15.4 Å². The Balaban J connectivity index is 1.09. The van der Waals surface area contributed by atoms with Crippen molar-refractivity contribution >= 4 is 45.2 Å². The smallest absolute Gasteiger partial charge is 0.445 e. The van der Waals surface area contributed by atoms with Crippen LogP contribution >= 0.6 is 11.3 Å². The van der Waals surface area contributed by atoms with Crippen LogP contribution in [0.4, 0.5) is 28.8 Å². The number of carbonyl (C=O) groups excluding carboxylic acids is 2. The summed E-state index contributed by atoms with van der Waals surface area (Å²) in [6, 6.07) is 10.3. The maximum atomic E-state index is 12.6. The molecule has 38 heavy (non-hydrogen) atoms. The van der Waals surface area contributed by atoms with E-state index in [0.29, 0.717) is 53.6 Å². The zero-order valence-corrected chi connectivity index (χ0v) is 20.4. The molecule has 0 radical (unpaired) electrons. The summed E-state index contributed by atoms with van der Waals surface area (Å²) in [6.45, 7) is 1.68. The Morgan fingerprint density at radius 2 is 1.76 bits per heavy atom. The molecule has 4 aromatic rings. The number of fused-ring (bicyclic) bond motifs is 1. The lowest BCUT2D eigenvalue weighted by molar-refractivity contribution is -0.274. The third kappa shape index (κ3) is 6.11. The quantitative estimate of drug-likeness (QED) is 0.371. The van der Waals surface area contributed by atoms with Gasteiger partial charge in [0.15, 0.2) is 5.13 Å². The van der Waals surface area contributed by atoms with E-state index in [4.69, 9.17) is 4.74 Å². The number of ether oxygens (including phenoxy) is 2. The number of hydrogen-bond donors (Lipinski definition) is 2. The SMILES string of the molecule is O=C(Nc1ccc2n[nH]nc2c1)c1csc(N2CCN(C(=O)OCc3ccc(OC(F)(F)F)cc3)CC2)n1. The molecule has 5 rings (SSSR count). The first kappa shape index (κ1) is 25.3. The van der Waals surface area contributed by atoms with Gasteiger partial charge in [0.2, 0.25) is 0 Å². The molecule has 0 saturated carbocycles. The Kier molecular flexibility index (Phi) is 7.00. The number of anilines is 2. The van der Waals surface area contributed by atoms with Crippen molar-refractivity contribution in [3.05, 3.63) is 59.1 Å². The van der Waals surface area contributed by atoms with Gasteiger partial charge < -0.3 is 24.6 Å². The second kappa shape index (κ2) is 10.5.